The minimum absolute atomic E-state index is 0.0534. The molecule has 1 fully saturated rings. The summed E-state index contributed by atoms with van der Waals surface area (Å²) in [6, 6.07) is 3.74. The van der Waals surface area contributed by atoms with E-state index in [4.69, 9.17) is 0 Å². The first-order valence-electron chi connectivity index (χ1n) is 11.3. The second-order valence-electron chi connectivity index (χ2n) is 8.95. The number of nitrogens with one attached hydrogen (secondary N) is 4. The van der Waals surface area contributed by atoms with Crippen molar-refractivity contribution in [1.29, 1.82) is 0 Å². The normalized spacial score (nSPS) is 20.3. The van der Waals surface area contributed by atoms with Gasteiger partial charge in [0.1, 0.15) is 23.8 Å². The van der Waals surface area contributed by atoms with Crippen LogP contribution in [0.2, 0.25) is 0 Å². The molecular weight excluding hydrogens is 461 g/mol. The number of carbonyl (C=O) groups is 2. The Morgan fingerprint density at radius 3 is 2.66 bits per heavy atom. The highest BCUT2D eigenvalue weighted by atomic mass is 19.1. The predicted molar refractivity (Wildman–Crippen MR) is 122 cm³/mol. The number of amides is 2. The van der Waals surface area contributed by atoms with Crippen molar-refractivity contribution in [3.8, 4) is 0 Å². The molecule has 2 aliphatic heterocycles. The Hall–Kier alpha value is -3.60. The highest BCUT2D eigenvalue weighted by molar-refractivity contribution is 5.89. The Morgan fingerprint density at radius 1 is 1.20 bits per heavy atom. The summed E-state index contributed by atoms with van der Waals surface area (Å²) in [5.74, 6) is -2.18. The van der Waals surface area contributed by atoms with Gasteiger partial charge >= 0.3 is 0 Å². The molecule has 186 valence electrons. The number of benzene rings is 1. The van der Waals surface area contributed by atoms with Crippen LogP contribution in [0.1, 0.15) is 55.3 Å². The summed E-state index contributed by atoms with van der Waals surface area (Å²) in [5.41, 5.74) is 9.74. The number of carbonyl (C=O) groups excluding carboxylic acids is 2. The van der Waals surface area contributed by atoms with Gasteiger partial charge in [0, 0.05) is 24.4 Å². The summed E-state index contributed by atoms with van der Waals surface area (Å²) in [6.45, 7) is 3.50. The summed E-state index contributed by atoms with van der Waals surface area (Å²) >= 11 is 0. The molecule has 4 N–H and O–H groups in total. The molecule has 1 aromatic carbocycles. The maximum Gasteiger partial charge on any atom is 0.243 e. The van der Waals surface area contributed by atoms with Gasteiger partial charge in [0.05, 0.1) is 30.9 Å². The van der Waals surface area contributed by atoms with Crippen LogP contribution in [0.5, 0.6) is 0 Å². The largest absolute Gasteiger partial charge is 0.343 e. The lowest BCUT2D eigenvalue weighted by Crippen LogP contribution is -2.47. The molecule has 0 saturated carbocycles. The van der Waals surface area contributed by atoms with Crippen LogP contribution in [-0.2, 0) is 9.59 Å². The molecule has 3 atom stereocenters. The zero-order valence-electron chi connectivity index (χ0n) is 19.3. The number of hydrazine groups is 2. The van der Waals surface area contributed by atoms with E-state index >= 15 is 0 Å². The summed E-state index contributed by atoms with van der Waals surface area (Å²) < 4.78 is 43.1. The monoisotopic (exact) mass is 488 g/mol. The Kier molecular flexibility index (Phi) is 7.25. The predicted octanol–water partition coefficient (Wildman–Crippen LogP) is 2.47. The number of rotatable bonds is 7. The fourth-order valence-corrected chi connectivity index (χ4v) is 4.32. The Labute approximate surface area is 200 Å². The van der Waals surface area contributed by atoms with E-state index in [0.717, 1.165) is 6.20 Å². The molecule has 8 nitrogen and oxygen atoms in total. The van der Waals surface area contributed by atoms with Crippen molar-refractivity contribution in [3.05, 3.63) is 76.9 Å². The first-order chi connectivity index (χ1) is 16.7. The van der Waals surface area contributed by atoms with Crippen LogP contribution in [0.4, 0.5) is 13.2 Å². The lowest BCUT2D eigenvalue weighted by Gasteiger charge is -2.27. The van der Waals surface area contributed by atoms with Crippen LogP contribution in [0, 0.1) is 11.6 Å². The van der Waals surface area contributed by atoms with E-state index in [0.29, 0.717) is 22.4 Å². The second kappa shape index (κ2) is 10.3. The van der Waals surface area contributed by atoms with Crippen molar-refractivity contribution >= 4 is 11.8 Å². The molecule has 35 heavy (non-hydrogen) atoms. The minimum Gasteiger partial charge on any atom is -0.343 e. The standard InChI is InChI=1S/C24H27F3N6O2/c1-13(2)19-4-3-14(6-20(19)27)23(15-5-16(25)10-28-9-15)30-24(35)21-7-17(26)12-33(21)22(34)8-18-11-29-32-31-18/h3-6,9-11,13,17,21,23,29,31-32H,7-8,12H2,1-2H3,(H,30,35)/t17-,21+,23?/m1/s1. The number of hydrogen-bond donors (Lipinski definition) is 4. The third-order valence-electron chi connectivity index (χ3n) is 6.08. The lowest BCUT2D eigenvalue weighted by molar-refractivity contribution is -0.138. The number of alkyl halides is 1. The number of pyridine rings is 1. The smallest absolute Gasteiger partial charge is 0.243 e. The van der Waals surface area contributed by atoms with Gasteiger partial charge in [-0.05, 0) is 29.2 Å². The highest BCUT2D eigenvalue weighted by Crippen LogP contribution is 2.29. The third-order valence-corrected chi connectivity index (χ3v) is 6.08. The van der Waals surface area contributed by atoms with Gasteiger partial charge in [-0.1, -0.05) is 26.0 Å². The first kappa shape index (κ1) is 24.5. The average Bonchev–Trinajstić information content (AvgIpc) is 3.46. The first-order valence-corrected chi connectivity index (χ1v) is 11.3. The quantitative estimate of drug-likeness (QED) is 0.478. The van der Waals surface area contributed by atoms with E-state index in [-0.39, 0.29) is 25.3 Å². The third kappa shape index (κ3) is 5.56. The summed E-state index contributed by atoms with van der Waals surface area (Å²) in [7, 11) is 0. The maximum absolute atomic E-state index is 14.8. The average molecular weight is 489 g/mol. The van der Waals surface area contributed by atoms with Crippen molar-refractivity contribution in [2.24, 2.45) is 0 Å². The molecule has 0 radical (unpaired) electrons. The molecule has 1 saturated heterocycles. The molecule has 0 bridgehead atoms. The molecule has 4 rings (SSSR count). The summed E-state index contributed by atoms with van der Waals surface area (Å²) in [6.07, 6.45) is 2.35. The lowest BCUT2D eigenvalue weighted by atomic mass is 9.95. The minimum atomic E-state index is -1.37. The van der Waals surface area contributed by atoms with E-state index in [1.807, 2.05) is 13.8 Å². The van der Waals surface area contributed by atoms with Gasteiger partial charge in [-0.2, -0.15) is 5.53 Å². The Morgan fingerprint density at radius 2 is 2.00 bits per heavy atom. The molecule has 11 heteroatoms. The van der Waals surface area contributed by atoms with Gasteiger partial charge in [-0.15, -0.1) is 0 Å². The number of halogens is 3. The second-order valence-corrected chi connectivity index (χ2v) is 8.95. The van der Waals surface area contributed by atoms with Gasteiger partial charge in [0.25, 0.3) is 0 Å². The van der Waals surface area contributed by atoms with Crippen LogP contribution in [0.15, 0.2) is 48.6 Å². The van der Waals surface area contributed by atoms with Gasteiger partial charge < -0.3 is 21.1 Å². The number of hydrogen-bond acceptors (Lipinski definition) is 6. The van der Waals surface area contributed by atoms with Crippen molar-refractivity contribution in [3.63, 3.8) is 0 Å². The number of nitrogens with zero attached hydrogens (tertiary/aromatic N) is 2. The zero-order valence-corrected chi connectivity index (χ0v) is 19.3. The molecule has 0 spiro atoms. The molecule has 2 amide bonds. The zero-order chi connectivity index (χ0) is 25.1. The van der Waals surface area contributed by atoms with Crippen LogP contribution >= 0.6 is 0 Å². The van der Waals surface area contributed by atoms with Crippen LogP contribution in [0.25, 0.3) is 0 Å². The SMILES string of the molecule is CC(C)c1ccc(C(NC(=O)[C@@H]2C[C@@H](F)CN2C(=O)CC2=CNNN2)c2cncc(F)c2)cc1F. The molecule has 2 aliphatic rings. The molecule has 0 aliphatic carbocycles. The molecule has 3 heterocycles. The molecule has 2 aromatic rings. The van der Waals surface area contributed by atoms with Gasteiger partial charge in [0.15, 0.2) is 0 Å². The van der Waals surface area contributed by atoms with Gasteiger partial charge in [-0.25, -0.2) is 13.2 Å². The number of aromatic nitrogens is 1. The van der Waals surface area contributed by atoms with Crippen LogP contribution < -0.4 is 21.7 Å². The molecule has 1 aromatic heterocycles. The van der Waals surface area contributed by atoms with Crippen molar-refractivity contribution in [1.82, 2.24) is 31.6 Å². The topological polar surface area (TPSA) is 98.4 Å². The van der Waals surface area contributed by atoms with Crippen molar-refractivity contribution < 1.29 is 22.8 Å². The van der Waals surface area contributed by atoms with Gasteiger partial charge in [0.2, 0.25) is 11.8 Å². The Bertz CT molecular complexity index is 1140. The van der Waals surface area contributed by atoms with Crippen molar-refractivity contribution in [2.75, 3.05) is 6.54 Å². The molecular formula is C24H27F3N6O2. The summed E-state index contributed by atoms with van der Waals surface area (Å²) in [4.78, 5) is 31.2. The van der Waals surface area contributed by atoms with E-state index in [9.17, 15) is 22.8 Å². The van der Waals surface area contributed by atoms with E-state index in [1.54, 1.807) is 18.3 Å². The van der Waals surface area contributed by atoms with Gasteiger partial charge in [-0.3, -0.25) is 14.6 Å². The maximum atomic E-state index is 14.8. The van der Waals surface area contributed by atoms with E-state index < -0.39 is 41.7 Å². The van der Waals surface area contributed by atoms with E-state index in [2.05, 4.69) is 26.7 Å². The molecule has 1 unspecified atom stereocenters. The fourth-order valence-electron chi connectivity index (χ4n) is 4.32. The Balaban J connectivity index is 1.60. The van der Waals surface area contributed by atoms with Crippen molar-refractivity contribution in [2.45, 2.75) is 50.9 Å². The van der Waals surface area contributed by atoms with Crippen LogP contribution in [-0.4, -0.2) is 40.5 Å². The van der Waals surface area contributed by atoms with Crippen LogP contribution in [0.3, 0.4) is 0 Å². The van der Waals surface area contributed by atoms with E-state index in [1.165, 1.54) is 23.2 Å². The highest BCUT2D eigenvalue weighted by Gasteiger charge is 2.40. The number of likely N-dealkylation sites (tertiary alicyclic amines) is 1. The fraction of sp³-hybridized carbons (Fsp3) is 0.375. The summed E-state index contributed by atoms with van der Waals surface area (Å²) in [5, 5.41) is 2.77.